The maximum Gasteiger partial charge on any atom is 0.0992 e. The number of nitriles is 1. The van der Waals surface area contributed by atoms with E-state index in [-0.39, 0.29) is 6.04 Å². The lowest BCUT2D eigenvalue weighted by Gasteiger charge is -2.09. The topological polar surface area (TPSA) is 67.6 Å². The lowest BCUT2D eigenvalue weighted by atomic mass is 10.1. The Morgan fingerprint density at radius 3 is 3.11 bits per heavy atom. The summed E-state index contributed by atoms with van der Waals surface area (Å²) in [7, 11) is 0. The summed E-state index contributed by atoms with van der Waals surface area (Å²) in [4.78, 5) is 0. The van der Waals surface area contributed by atoms with E-state index < -0.39 is 0 Å². The lowest BCUT2D eigenvalue weighted by Crippen LogP contribution is -2.10. The van der Waals surface area contributed by atoms with Crippen molar-refractivity contribution in [2.24, 2.45) is 5.73 Å². The van der Waals surface area contributed by atoms with Crippen molar-refractivity contribution in [2.45, 2.75) is 31.7 Å². The Hall–Kier alpha value is -2.12. The molecular formula is C15H16N4. The van der Waals surface area contributed by atoms with E-state index in [0.717, 1.165) is 36.9 Å². The Labute approximate surface area is 112 Å². The van der Waals surface area contributed by atoms with Crippen molar-refractivity contribution in [3.63, 3.8) is 0 Å². The van der Waals surface area contributed by atoms with Crippen LogP contribution in [-0.4, -0.2) is 9.78 Å². The number of benzene rings is 1. The maximum atomic E-state index is 8.99. The van der Waals surface area contributed by atoms with Crippen molar-refractivity contribution in [1.82, 2.24) is 9.78 Å². The molecule has 0 fully saturated rings. The third kappa shape index (κ3) is 2.13. The zero-order valence-corrected chi connectivity index (χ0v) is 10.7. The van der Waals surface area contributed by atoms with Crippen LogP contribution in [0.2, 0.25) is 0 Å². The second-order valence-corrected chi connectivity index (χ2v) is 4.97. The van der Waals surface area contributed by atoms with E-state index in [1.54, 1.807) is 6.07 Å². The predicted octanol–water partition coefficient (Wildman–Crippen LogP) is 2.47. The van der Waals surface area contributed by atoms with Crippen LogP contribution < -0.4 is 5.73 Å². The highest BCUT2D eigenvalue weighted by atomic mass is 15.3. The van der Waals surface area contributed by atoms with E-state index in [9.17, 15) is 0 Å². The van der Waals surface area contributed by atoms with Crippen molar-refractivity contribution in [1.29, 1.82) is 5.26 Å². The van der Waals surface area contributed by atoms with Crippen LogP contribution in [0.3, 0.4) is 0 Å². The summed E-state index contributed by atoms with van der Waals surface area (Å²) in [6.07, 6.45) is 6.21. The summed E-state index contributed by atoms with van der Waals surface area (Å²) in [5, 5.41) is 13.4. The van der Waals surface area contributed by atoms with Gasteiger partial charge in [-0.2, -0.15) is 10.4 Å². The summed E-state index contributed by atoms with van der Waals surface area (Å²) in [5.74, 6) is 0. The molecule has 4 nitrogen and oxygen atoms in total. The van der Waals surface area contributed by atoms with Gasteiger partial charge in [-0.3, -0.25) is 0 Å². The van der Waals surface area contributed by atoms with Gasteiger partial charge in [-0.1, -0.05) is 12.5 Å². The highest BCUT2D eigenvalue weighted by Gasteiger charge is 2.20. The fourth-order valence-electron chi connectivity index (χ4n) is 2.69. The summed E-state index contributed by atoms with van der Waals surface area (Å²) in [6, 6.07) is 9.78. The molecule has 1 aliphatic rings. The number of hydrogen-bond donors (Lipinski definition) is 1. The molecule has 19 heavy (non-hydrogen) atoms. The van der Waals surface area contributed by atoms with Gasteiger partial charge in [0, 0.05) is 17.3 Å². The average molecular weight is 252 g/mol. The predicted molar refractivity (Wildman–Crippen MR) is 72.8 cm³/mol. The van der Waals surface area contributed by atoms with E-state index in [1.807, 2.05) is 29.1 Å². The molecule has 0 aliphatic heterocycles. The minimum Gasteiger partial charge on any atom is -0.324 e. The number of nitrogens with two attached hydrogens (primary N) is 1. The van der Waals surface area contributed by atoms with E-state index in [2.05, 4.69) is 11.2 Å². The molecule has 96 valence electrons. The van der Waals surface area contributed by atoms with E-state index in [1.165, 1.54) is 5.69 Å². The summed E-state index contributed by atoms with van der Waals surface area (Å²) in [6.45, 7) is 0. The van der Waals surface area contributed by atoms with Gasteiger partial charge in [0.15, 0.2) is 0 Å². The van der Waals surface area contributed by atoms with Crippen molar-refractivity contribution in [2.75, 3.05) is 0 Å². The highest BCUT2D eigenvalue weighted by Crippen LogP contribution is 2.28. The summed E-state index contributed by atoms with van der Waals surface area (Å²) < 4.78 is 1.93. The van der Waals surface area contributed by atoms with Gasteiger partial charge in [-0.15, -0.1) is 0 Å². The molecule has 2 aromatic rings. The fraction of sp³-hybridized carbons (Fsp3) is 0.333. The second-order valence-electron chi connectivity index (χ2n) is 4.97. The SMILES string of the molecule is N#Cc1cccc(-n2ncc3c2CCCCC3N)c1. The molecule has 1 unspecified atom stereocenters. The molecule has 0 radical (unpaired) electrons. The lowest BCUT2D eigenvalue weighted by molar-refractivity contribution is 0.611. The van der Waals surface area contributed by atoms with Gasteiger partial charge in [0.05, 0.1) is 23.5 Å². The molecule has 1 aromatic heterocycles. The molecule has 2 N–H and O–H groups in total. The molecule has 1 heterocycles. The van der Waals surface area contributed by atoms with Crippen LogP contribution in [0, 0.1) is 11.3 Å². The standard InChI is InChI=1S/C15H16N4/c16-9-11-4-3-5-12(8-11)19-15-7-2-1-6-14(17)13(15)10-18-19/h3-5,8,10,14H,1-2,6-7,17H2. The van der Waals surface area contributed by atoms with Gasteiger partial charge in [0.1, 0.15) is 0 Å². The molecule has 0 saturated heterocycles. The van der Waals surface area contributed by atoms with Crippen molar-refractivity contribution in [3.05, 3.63) is 47.3 Å². The third-order valence-electron chi connectivity index (χ3n) is 3.70. The Bertz CT molecular complexity index is 636. The van der Waals surface area contributed by atoms with Crippen molar-refractivity contribution in [3.8, 4) is 11.8 Å². The molecule has 0 amide bonds. The first-order valence-electron chi connectivity index (χ1n) is 6.62. The third-order valence-corrected chi connectivity index (χ3v) is 3.70. The number of aromatic nitrogens is 2. The molecule has 1 aliphatic carbocycles. The normalized spacial score (nSPS) is 18.4. The van der Waals surface area contributed by atoms with Crippen LogP contribution in [0.1, 0.15) is 42.1 Å². The largest absolute Gasteiger partial charge is 0.324 e. The number of fused-ring (bicyclic) bond motifs is 1. The summed E-state index contributed by atoms with van der Waals surface area (Å²) in [5.41, 5.74) is 10.1. The molecule has 0 saturated carbocycles. The molecule has 3 rings (SSSR count). The molecule has 1 aromatic carbocycles. The first-order chi connectivity index (χ1) is 9.29. The Kier molecular flexibility index (Phi) is 3.06. The average Bonchev–Trinajstić information content (AvgIpc) is 2.79. The van der Waals surface area contributed by atoms with Crippen LogP contribution in [0.4, 0.5) is 0 Å². The Balaban J connectivity index is 2.09. The maximum absolute atomic E-state index is 8.99. The number of rotatable bonds is 1. The first-order valence-corrected chi connectivity index (χ1v) is 6.62. The van der Waals surface area contributed by atoms with Gasteiger partial charge in [0.25, 0.3) is 0 Å². The van der Waals surface area contributed by atoms with Gasteiger partial charge < -0.3 is 5.73 Å². The Morgan fingerprint density at radius 1 is 1.37 bits per heavy atom. The van der Waals surface area contributed by atoms with Gasteiger partial charge in [-0.25, -0.2) is 4.68 Å². The fourth-order valence-corrected chi connectivity index (χ4v) is 2.69. The van der Waals surface area contributed by atoms with E-state index in [4.69, 9.17) is 11.0 Å². The van der Waals surface area contributed by atoms with Crippen LogP contribution in [0.25, 0.3) is 5.69 Å². The smallest absolute Gasteiger partial charge is 0.0992 e. The molecule has 0 bridgehead atoms. The van der Waals surface area contributed by atoms with Crippen LogP contribution in [-0.2, 0) is 6.42 Å². The first kappa shape index (κ1) is 11.9. The van der Waals surface area contributed by atoms with Gasteiger partial charge in [0.2, 0.25) is 0 Å². The van der Waals surface area contributed by atoms with Crippen LogP contribution in [0.15, 0.2) is 30.5 Å². The van der Waals surface area contributed by atoms with Gasteiger partial charge >= 0.3 is 0 Å². The summed E-state index contributed by atoms with van der Waals surface area (Å²) >= 11 is 0. The van der Waals surface area contributed by atoms with Crippen molar-refractivity contribution >= 4 is 0 Å². The highest BCUT2D eigenvalue weighted by molar-refractivity contribution is 5.43. The zero-order chi connectivity index (χ0) is 13.2. The number of hydrogen-bond acceptors (Lipinski definition) is 3. The minimum absolute atomic E-state index is 0.0883. The zero-order valence-electron chi connectivity index (χ0n) is 10.7. The minimum atomic E-state index is 0.0883. The number of nitrogens with zero attached hydrogens (tertiary/aromatic N) is 3. The van der Waals surface area contributed by atoms with Crippen molar-refractivity contribution < 1.29 is 0 Å². The van der Waals surface area contributed by atoms with E-state index >= 15 is 0 Å². The quantitative estimate of drug-likeness (QED) is 0.793. The van der Waals surface area contributed by atoms with Crippen LogP contribution >= 0.6 is 0 Å². The second kappa shape index (κ2) is 4.87. The monoisotopic (exact) mass is 252 g/mol. The van der Waals surface area contributed by atoms with Crippen LogP contribution in [0.5, 0.6) is 0 Å². The molecule has 4 heteroatoms. The molecule has 1 atom stereocenters. The van der Waals surface area contributed by atoms with Gasteiger partial charge in [-0.05, 0) is 37.5 Å². The molecule has 0 spiro atoms. The van der Waals surface area contributed by atoms with E-state index in [0.29, 0.717) is 5.56 Å². The Morgan fingerprint density at radius 2 is 2.26 bits per heavy atom. The molecular weight excluding hydrogens is 236 g/mol.